The maximum absolute atomic E-state index is 11.4. The van der Waals surface area contributed by atoms with E-state index in [0.29, 0.717) is 18.2 Å². The zero-order chi connectivity index (χ0) is 19.4. The number of para-hydroxylation sites is 1. The minimum absolute atomic E-state index is 0.0780. The smallest absolute Gasteiger partial charge is 0.259 e. The first-order chi connectivity index (χ1) is 13.0. The summed E-state index contributed by atoms with van der Waals surface area (Å²) in [5, 5.41) is 10.7. The first kappa shape index (κ1) is 18.6. The Hall–Kier alpha value is -3.23. The molecule has 0 atom stereocenters. The average molecular weight is 380 g/mol. The summed E-state index contributed by atoms with van der Waals surface area (Å²) in [5.74, 6) is 0.0183. The number of carbonyl (C=O) groups is 1. The van der Waals surface area contributed by atoms with E-state index in [2.05, 4.69) is 0 Å². The summed E-state index contributed by atoms with van der Waals surface area (Å²) in [6.07, 6.45) is 3.41. The Morgan fingerprint density at radius 2 is 2.11 bits per heavy atom. The molecule has 1 heterocycles. The molecule has 0 bridgehead atoms. The SMILES string of the molecule is Cc1cc(OCCn2cc(/C=C(/C#N)C(N)=O)c3ccccc32)ccc1Cl. The van der Waals surface area contributed by atoms with Crippen molar-refractivity contribution in [1.82, 2.24) is 4.57 Å². The predicted molar refractivity (Wildman–Crippen MR) is 106 cm³/mol. The van der Waals surface area contributed by atoms with E-state index in [1.54, 1.807) is 0 Å². The van der Waals surface area contributed by atoms with Crippen LogP contribution in [0.25, 0.3) is 17.0 Å². The van der Waals surface area contributed by atoms with Crippen molar-refractivity contribution in [3.05, 3.63) is 70.4 Å². The number of nitriles is 1. The molecule has 0 fully saturated rings. The van der Waals surface area contributed by atoms with E-state index in [9.17, 15) is 4.79 Å². The number of benzene rings is 2. The van der Waals surface area contributed by atoms with Crippen LogP contribution in [0.2, 0.25) is 5.02 Å². The lowest BCUT2D eigenvalue weighted by Gasteiger charge is -2.09. The molecule has 3 rings (SSSR count). The molecule has 27 heavy (non-hydrogen) atoms. The lowest BCUT2D eigenvalue weighted by molar-refractivity contribution is -0.114. The molecule has 0 spiro atoms. The van der Waals surface area contributed by atoms with Gasteiger partial charge in [0.1, 0.15) is 24.0 Å². The number of aryl methyl sites for hydroxylation is 1. The van der Waals surface area contributed by atoms with Crippen LogP contribution in [0.3, 0.4) is 0 Å². The summed E-state index contributed by atoms with van der Waals surface area (Å²) in [4.78, 5) is 11.4. The second kappa shape index (κ2) is 7.98. The van der Waals surface area contributed by atoms with Crippen LogP contribution in [-0.4, -0.2) is 17.1 Å². The fourth-order valence-corrected chi connectivity index (χ4v) is 2.98. The first-order valence-corrected chi connectivity index (χ1v) is 8.76. The number of nitrogens with two attached hydrogens (primary N) is 1. The molecule has 0 aliphatic carbocycles. The number of nitrogens with zero attached hydrogens (tertiary/aromatic N) is 2. The van der Waals surface area contributed by atoms with Crippen molar-refractivity contribution in [2.75, 3.05) is 6.61 Å². The zero-order valence-electron chi connectivity index (χ0n) is 14.8. The molecule has 0 aliphatic heterocycles. The molecule has 2 N–H and O–H groups in total. The van der Waals surface area contributed by atoms with E-state index in [-0.39, 0.29) is 5.57 Å². The third-order valence-corrected chi connectivity index (χ3v) is 4.66. The molecular formula is C21H18ClN3O2. The van der Waals surface area contributed by atoms with Crippen LogP contribution < -0.4 is 10.5 Å². The molecule has 0 aliphatic rings. The van der Waals surface area contributed by atoms with Gasteiger partial charge in [-0.1, -0.05) is 29.8 Å². The van der Waals surface area contributed by atoms with E-state index in [4.69, 9.17) is 27.3 Å². The fraction of sp³-hybridized carbons (Fsp3) is 0.143. The Bertz CT molecular complexity index is 1080. The minimum atomic E-state index is -0.740. The summed E-state index contributed by atoms with van der Waals surface area (Å²) in [6, 6.07) is 15.2. The Balaban J connectivity index is 1.83. The van der Waals surface area contributed by atoms with E-state index >= 15 is 0 Å². The largest absolute Gasteiger partial charge is 0.492 e. The number of rotatable bonds is 6. The van der Waals surface area contributed by atoms with Crippen molar-refractivity contribution in [1.29, 1.82) is 5.26 Å². The van der Waals surface area contributed by atoms with Crippen molar-refractivity contribution < 1.29 is 9.53 Å². The monoisotopic (exact) mass is 379 g/mol. The van der Waals surface area contributed by atoms with Gasteiger partial charge in [0.15, 0.2) is 0 Å². The van der Waals surface area contributed by atoms with Gasteiger partial charge in [-0.15, -0.1) is 0 Å². The zero-order valence-corrected chi connectivity index (χ0v) is 15.5. The van der Waals surface area contributed by atoms with Gasteiger partial charge in [-0.2, -0.15) is 5.26 Å². The number of primary amides is 1. The molecule has 3 aromatic rings. The molecule has 6 heteroatoms. The third-order valence-electron chi connectivity index (χ3n) is 4.24. The van der Waals surface area contributed by atoms with E-state index in [1.807, 2.05) is 66.2 Å². The highest BCUT2D eigenvalue weighted by molar-refractivity contribution is 6.31. The van der Waals surface area contributed by atoms with Gasteiger partial charge >= 0.3 is 0 Å². The van der Waals surface area contributed by atoms with Crippen LogP contribution in [-0.2, 0) is 11.3 Å². The van der Waals surface area contributed by atoms with E-state index < -0.39 is 5.91 Å². The normalized spacial score (nSPS) is 11.4. The summed E-state index contributed by atoms with van der Waals surface area (Å²) >= 11 is 6.03. The second-order valence-corrected chi connectivity index (χ2v) is 6.50. The number of halogens is 1. The summed E-state index contributed by atoms with van der Waals surface area (Å²) < 4.78 is 7.85. The Kier molecular flexibility index (Phi) is 5.49. The van der Waals surface area contributed by atoms with Crippen molar-refractivity contribution >= 4 is 34.5 Å². The van der Waals surface area contributed by atoms with Gasteiger partial charge in [-0.25, -0.2) is 0 Å². The van der Waals surface area contributed by atoms with Crippen LogP contribution >= 0.6 is 11.6 Å². The molecule has 136 valence electrons. The molecule has 0 radical (unpaired) electrons. The second-order valence-electron chi connectivity index (χ2n) is 6.09. The number of amides is 1. The summed E-state index contributed by atoms with van der Waals surface area (Å²) in [5.41, 5.74) is 7.89. The average Bonchev–Trinajstić information content (AvgIpc) is 3.00. The van der Waals surface area contributed by atoms with E-state index in [0.717, 1.165) is 27.8 Å². The number of aromatic nitrogens is 1. The van der Waals surface area contributed by atoms with Gasteiger partial charge in [0.2, 0.25) is 0 Å². The Morgan fingerprint density at radius 1 is 1.33 bits per heavy atom. The molecule has 1 amide bonds. The van der Waals surface area contributed by atoms with Crippen molar-refractivity contribution in [2.24, 2.45) is 5.73 Å². The van der Waals surface area contributed by atoms with Crippen molar-refractivity contribution in [3.63, 3.8) is 0 Å². The van der Waals surface area contributed by atoms with Crippen molar-refractivity contribution in [3.8, 4) is 11.8 Å². The van der Waals surface area contributed by atoms with Gasteiger partial charge in [0.05, 0.1) is 6.54 Å². The number of hydrogen-bond donors (Lipinski definition) is 1. The quantitative estimate of drug-likeness (QED) is 0.517. The van der Waals surface area contributed by atoms with Crippen molar-refractivity contribution in [2.45, 2.75) is 13.5 Å². The van der Waals surface area contributed by atoms with Gasteiger partial charge in [0.25, 0.3) is 5.91 Å². The molecule has 1 aromatic heterocycles. The predicted octanol–water partition coefficient (Wildman–Crippen LogP) is 4.07. The molecule has 0 saturated heterocycles. The van der Waals surface area contributed by atoms with Gasteiger partial charge in [-0.3, -0.25) is 4.79 Å². The summed E-state index contributed by atoms with van der Waals surface area (Å²) in [6.45, 7) is 3.00. The van der Waals surface area contributed by atoms with Crippen LogP contribution in [0.5, 0.6) is 5.75 Å². The fourth-order valence-electron chi connectivity index (χ4n) is 2.86. The van der Waals surface area contributed by atoms with Crippen LogP contribution in [0.4, 0.5) is 0 Å². The maximum atomic E-state index is 11.4. The lowest BCUT2D eigenvalue weighted by atomic mass is 10.1. The highest BCUT2D eigenvalue weighted by atomic mass is 35.5. The Morgan fingerprint density at radius 3 is 2.81 bits per heavy atom. The van der Waals surface area contributed by atoms with Crippen LogP contribution in [0.15, 0.2) is 54.2 Å². The number of carbonyl (C=O) groups excluding carboxylic acids is 1. The number of ether oxygens (including phenoxy) is 1. The standard InChI is InChI=1S/C21H18ClN3O2/c1-14-10-17(6-7-19(14)22)27-9-8-25-13-16(11-15(12-23)21(24)26)18-4-2-3-5-20(18)25/h2-7,10-11,13H,8-9H2,1H3,(H2,24,26)/b15-11-. The Labute approximate surface area is 162 Å². The molecule has 5 nitrogen and oxygen atoms in total. The maximum Gasteiger partial charge on any atom is 0.259 e. The molecular weight excluding hydrogens is 362 g/mol. The number of fused-ring (bicyclic) bond motifs is 1. The highest BCUT2D eigenvalue weighted by Gasteiger charge is 2.10. The topological polar surface area (TPSA) is 81.0 Å². The van der Waals surface area contributed by atoms with Crippen LogP contribution in [0.1, 0.15) is 11.1 Å². The minimum Gasteiger partial charge on any atom is -0.492 e. The summed E-state index contributed by atoms with van der Waals surface area (Å²) in [7, 11) is 0. The first-order valence-electron chi connectivity index (χ1n) is 8.38. The van der Waals surface area contributed by atoms with Gasteiger partial charge < -0.3 is 15.0 Å². The van der Waals surface area contributed by atoms with Gasteiger partial charge in [0, 0.05) is 27.7 Å². The highest BCUT2D eigenvalue weighted by Crippen LogP contribution is 2.24. The molecule has 2 aromatic carbocycles. The van der Waals surface area contributed by atoms with Gasteiger partial charge in [-0.05, 0) is 42.8 Å². The number of hydrogen-bond acceptors (Lipinski definition) is 3. The molecule has 0 unspecified atom stereocenters. The van der Waals surface area contributed by atoms with Crippen LogP contribution in [0, 0.1) is 18.3 Å². The van der Waals surface area contributed by atoms with E-state index in [1.165, 1.54) is 6.08 Å². The molecule has 0 saturated carbocycles. The lowest BCUT2D eigenvalue weighted by Crippen LogP contribution is -2.12. The third kappa shape index (κ3) is 4.13.